The fourth-order valence-electron chi connectivity index (χ4n) is 7.00. The van der Waals surface area contributed by atoms with Gasteiger partial charge < -0.3 is 14.9 Å². The van der Waals surface area contributed by atoms with Crippen LogP contribution in [0.4, 0.5) is 0 Å². The normalized spacial score (nSPS) is 46.0. The van der Waals surface area contributed by atoms with Crippen molar-refractivity contribution in [1.82, 2.24) is 0 Å². The number of ether oxygens (including phenoxy) is 1. The molecule has 0 aromatic rings. The van der Waals surface area contributed by atoms with E-state index in [1.807, 2.05) is 0 Å². The number of hydrogen-bond acceptors (Lipinski definition) is 3. The number of methoxy groups -OCH3 is 1. The van der Waals surface area contributed by atoms with E-state index in [-0.39, 0.29) is 46.7 Å². The highest BCUT2D eigenvalue weighted by Gasteiger charge is 2.64. The second kappa shape index (κ2) is 7.50. The highest BCUT2D eigenvalue weighted by atomic mass is 16.5. The Morgan fingerprint density at radius 2 is 2.04 bits per heavy atom. The van der Waals surface area contributed by atoms with E-state index in [0.717, 1.165) is 38.5 Å². The Morgan fingerprint density at radius 1 is 1.32 bits per heavy atom. The zero-order valence-electron chi connectivity index (χ0n) is 17.7. The highest BCUT2D eigenvalue weighted by Crippen LogP contribution is 2.67. The largest absolute Gasteiger partial charge is 0.481 e. The first kappa shape index (κ1) is 21.4. The predicted octanol–water partition coefficient (Wildman–Crippen LogP) is 4.42. The second-order valence-electron chi connectivity index (χ2n) is 9.92. The molecule has 0 aromatic carbocycles. The van der Waals surface area contributed by atoms with E-state index in [2.05, 4.69) is 26.3 Å². The van der Waals surface area contributed by atoms with Crippen molar-refractivity contribution in [2.45, 2.75) is 83.8 Å². The Balaban J connectivity index is 1.97. The number of fused-ring (bicyclic) bond motifs is 1. The zero-order valence-corrected chi connectivity index (χ0v) is 17.7. The number of aliphatic hydroxyl groups excluding tert-OH is 1. The first-order chi connectivity index (χ1) is 13.1. The van der Waals surface area contributed by atoms with Crippen molar-refractivity contribution in [3.05, 3.63) is 12.2 Å². The van der Waals surface area contributed by atoms with Crippen LogP contribution in [-0.4, -0.2) is 35.5 Å². The van der Waals surface area contributed by atoms with Crippen LogP contribution in [0.1, 0.15) is 71.6 Å². The monoisotopic (exact) mass is 388 g/mol. The standard InChI is InChI=1S/C24H36O4/c1-6-24-14-9-16(2)23(24,4)13-11-19(21(24)28-5)22(3)12-10-18(25)15-17(22)7-8-20(26)27/h1,17-19,21,25H,2,7-15H2,3-5H3,(H,26,27). The van der Waals surface area contributed by atoms with Gasteiger partial charge in [-0.25, -0.2) is 0 Å². The molecular formula is C24H36O4. The molecule has 3 aliphatic carbocycles. The molecule has 3 aliphatic rings. The summed E-state index contributed by atoms with van der Waals surface area (Å²) in [5.41, 5.74) is 0.723. The van der Waals surface area contributed by atoms with E-state index in [4.69, 9.17) is 11.2 Å². The van der Waals surface area contributed by atoms with E-state index < -0.39 is 5.97 Å². The number of carboxylic acids is 1. The molecule has 0 amide bonds. The molecule has 4 nitrogen and oxygen atoms in total. The molecule has 0 spiro atoms. The number of aliphatic hydroxyl groups is 1. The quantitative estimate of drug-likeness (QED) is 0.540. The zero-order chi connectivity index (χ0) is 20.7. The van der Waals surface area contributed by atoms with Gasteiger partial charge in [0, 0.05) is 18.9 Å². The Labute approximate surface area is 169 Å². The Bertz CT molecular complexity index is 679. The lowest BCUT2D eigenvalue weighted by molar-refractivity contribution is -0.158. The summed E-state index contributed by atoms with van der Waals surface area (Å²) in [4.78, 5) is 11.2. The van der Waals surface area contributed by atoms with Crippen LogP contribution in [0.15, 0.2) is 12.2 Å². The summed E-state index contributed by atoms with van der Waals surface area (Å²) in [6.07, 6.45) is 12.7. The molecule has 156 valence electrons. The van der Waals surface area contributed by atoms with Crippen molar-refractivity contribution in [1.29, 1.82) is 0 Å². The third-order valence-electron chi connectivity index (χ3n) is 8.96. The van der Waals surface area contributed by atoms with E-state index in [1.165, 1.54) is 5.57 Å². The number of carbonyl (C=O) groups is 1. The maximum absolute atomic E-state index is 11.2. The molecule has 0 aliphatic heterocycles. The lowest BCUT2D eigenvalue weighted by Gasteiger charge is -2.59. The second-order valence-corrected chi connectivity index (χ2v) is 9.92. The molecule has 3 rings (SSSR count). The molecule has 0 bridgehead atoms. The Hall–Kier alpha value is -1.31. The predicted molar refractivity (Wildman–Crippen MR) is 110 cm³/mol. The van der Waals surface area contributed by atoms with Gasteiger partial charge in [0.05, 0.1) is 17.6 Å². The fraction of sp³-hybridized carbons (Fsp3) is 0.792. The fourth-order valence-corrected chi connectivity index (χ4v) is 7.00. The first-order valence-electron chi connectivity index (χ1n) is 10.7. The van der Waals surface area contributed by atoms with E-state index in [1.54, 1.807) is 7.11 Å². The maximum atomic E-state index is 11.2. The van der Waals surface area contributed by atoms with Crippen molar-refractivity contribution >= 4 is 5.97 Å². The smallest absolute Gasteiger partial charge is 0.303 e. The van der Waals surface area contributed by atoms with Crippen LogP contribution in [0.5, 0.6) is 0 Å². The molecular weight excluding hydrogens is 352 g/mol. The maximum Gasteiger partial charge on any atom is 0.303 e. The Kier molecular flexibility index (Phi) is 5.73. The van der Waals surface area contributed by atoms with Crippen LogP contribution < -0.4 is 0 Å². The minimum absolute atomic E-state index is 0.0666. The SMILES string of the molecule is C#CC12CCC(=C)C1(C)CCC(C1(C)CCC(O)CC1CCC(=O)O)C2OC. The van der Waals surface area contributed by atoms with Gasteiger partial charge in [-0.05, 0) is 68.6 Å². The minimum Gasteiger partial charge on any atom is -0.481 e. The molecule has 0 heterocycles. The molecule has 28 heavy (non-hydrogen) atoms. The number of allylic oxidation sites excluding steroid dienone is 1. The third-order valence-corrected chi connectivity index (χ3v) is 8.96. The molecule has 0 aromatic heterocycles. The summed E-state index contributed by atoms with van der Waals surface area (Å²) in [6.45, 7) is 8.90. The topological polar surface area (TPSA) is 66.8 Å². The van der Waals surface area contributed by atoms with Crippen LogP contribution in [0.25, 0.3) is 0 Å². The lowest BCUT2D eigenvalue weighted by Crippen LogP contribution is -2.58. The summed E-state index contributed by atoms with van der Waals surface area (Å²) in [7, 11) is 1.77. The van der Waals surface area contributed by atoms with Gasteiger partial charge in [0.15, 0.2) is 0 Å². The summed E-state index contributed by atoms with van der Waals surface area (Å²) >= 11 is 0. The molecule has 7 unspecified atom stereocenters. The summed E-state index contributed by atoms with van der Waals surface area (Å²) in [5.74, 6) is 2.84. The van der Waals surface area contributed by atoms with Crippen LogP contribution in [0.2, 0.25) is 0 Å². The number of hydrogen-bond donors (Lipinski definition) is 2. The number of carboxylic acid groups (broad SMARTS) is 1. The average molecular weight is 389 g/mol. The lowest BCUT2D eigenvalue weighted by atomic mass is 9.47. The summed E-state index contributed by atoms with van der Waals surface area (Å²) in [6, 6.07) is 0. The van der Waals surface area contributed by atoms with Gasteiger partial charge in [0.2, 0.25) is 0 Å². The van der Waals surface area contributed by atoms with E-state index in [9.17, 15) is 15.0 Å². The molecule has 4 heteroatoms. The molecule has 2 N–H and O–H groups in total. The summed E-state index contributed by atoms with van der Waals surface area (Å²) in [5, 5.41) is 19.5. The first-order valence-corrected chi connectivity index (χ1v) is 10.7. The van der Waals surface area contributed by atoms with Crippen molar-refractivity contribution in [2.75, 3.05) is 7.11 Å². The van der Waals surface area contributed by atoms with Crippen molar-refractivity contribution in [2.24, 2.45) is 28.1 Å². The minimum atomic E-state index is -0.769. The van der Waals surface area contributed by atoms with E-state index >= 15 is 0 Å². The van der Waals surface area contributed by atoms with Crippen molar-refractivity contribution in [3.8, 4) is 12.3 Å². The average Bonchev–Trinajstić information content (AvgIpc) is 2.93. The molecule has 0 radical (unpaired) electrons. The third kappa shape index (κ3) is 3.02. The number of rotatable bonds is 5. The van der Waals surface area contributed by atoms with Crippen molar-refractivity contribution in [3.63, 3.8) is 0 Å². The highest BCUT2D eigenvalue weighted by molar-refractivity contribution is 5.66. The van der Waals surface area contributed by atoms with Crippen LogP contribution >= 0.6 is 0 Å². The van der Waals surface area contributed by atoms with Gasteiger partial charge in [0.1, 0.15) is 0 Å². The Morgan fingerprint density at radius 3 is 2.64 bits per heavy atom. The number of aliphatic carboxylic acids is 1. The van der Waals surface area contributed by atoms with Gasteiger partial charge in [-0.1, -0.05) is 31.9 Å². The molecule has 3 saturated carbocycles. The van der Waals surface area contributed by atoms with Gasteiger partial charge >= 0.3 is 5.97 Å². The van der Waals surface area contributed by atoms with E-state index in [0.29, 0.717) is 12.8 Å². The molecule has 3 fully saturated rings. The van der Waals surface area contributed by atoms with Crippen LogP contribution in [0.3, 0.4) is 0 Å². The number of terminal acetylenes is 1. The molecule has 7 atom stereocenters. The van der Waals surface area contributed by atoms with Gasteiger partial charge in [0.25, 0.3) is 0 Å². The summed E-state index contributed by atoms with van der Waals surface area (Å²) < 4.78 is 6.18. The van der Waals surface area contributed by atoms with Crippen LogP contribution in [0, 0.1) is 40.4 Å². The molecule has 0 saturated heterocycles. The van der Waals surface area contributed by atoms with Crippen LogP contribution in [-0.2, 0) is 9.53 Å². The van der Waals surface area contributed by atoms with Gasteiger partial charge in [-0.3, -0.25) is 4.79 Å². The van der Waals surface area contributed by atoms with Gasteiger partial charge in [-0.2, -0.15) is 0 Å². The van der Waals surface area contributed by atoms with Gasteiger partial charge in [-0.15, -0.1) is 6.42 Å². The van der Waals surface area contributed by atoms with Crippen molar-refractivity contribution < 1.29 is 19.7 Å².